The lowest BCUT2D eigenvalue weighted by atomic mass is 9.97. The molecule has 0 aliphatic carbocycles. The Balaban J connectivity index is 1.50. The molecule has 156 valence electrons. The third-order valence-corrected chi connectivity index (χ3v) is 5.57. The standard InChI is InChI=1S/C23H30N2O4/c26-11-3-9-24-14-20-7-1-5-18(22(20)28-16-24)13-19-6-2-8-21-15-25(10-4-12-27)17-29-23(19)21/h1-2,5-8,26-27H,3-4,9-17H2. The summed E-state index contributed by atoms with van der Waals surface area (Å²) in [5, 5.41) is 18.1. The first-order valence-electron chi connectivity index (χ1n) is 10.4. The lowest BCUT2D eigenvalue weighted by Crippen LogP contribution is -2.34. The monoisotopic (exact) mass is 398 g/mol. The molecule has 0 atom stereocenters. The summed E-state index contributed by atoms with van der Waals surface area (Å²) in [5.74, 6) is 1.98. The van der Waals surface area contributed by atoms with Crippen LogP contribution in [0, 0.1) is 0 Å². The Morgan fingerprint density at radius 3 is 1.66 bits per heavy atom. The molecule has 0 unspecified atom stereocenters. The van der Waals surface area contributed by atoms with Crippen LogP contribution in [0.25, 0.3) is 0 Å². The van der Waals surface area contributed by atoms with Gasteiger partial charge in [0.05, 0.1) is 0 Å². The molecule has 0 bridgehead atoms. The molecule has 0 aromatic heterocycles. The maximum Gasteiger partial charge on any atom is 0.142 e. The number of aliphatic hydroxyl groups is 2. The highest BCUT2D eigenvalue weighted by Crippen LogP contribution is 2.35. The summed E-state index contributed by atoms with van der Waals surface area (Å²) < 4.78 is 12.2. The van der Waals surface area contributed by atoms with Crippen molar-refractivity contribution in [2.75, 3.05) is 39.8 Å². The molecule has 2 aliphatic heterocycles. The van der Waals surface area contributed by atoms with E-state index in [-0.39, 0.29) is 13.2 Å². The Bertz CT molecular complexity index is 759. The number of rotatable bonds is 8. The molecule has 0 spiro atoms. The fraction of sp³-hybridized carbons (Fsp3) is 0.478. The summed E-state index contributed by atoms with van der Waals surface area (Å²) in [6.45, 7) is 4.93. The molecule has 2 aliphatic rings. The number of ether oxygens (including phenoxy) is 2. The van der Waals surface area contributed by atoms with Gasteiger partial charge in [-0.2, -0.15) is 0 Å². The van der Waals surface area contributed by atoms with E-state index in [1.165, 1.54) is 22.3 Å². The van der Waals surface area contributed by atoms with Gasteiger partial charge in [-0.15, -0.1) is 0 Å². The highest BCUT2D eigenvalue weighted by atomic mass is 16.5. The van der Waals surface area contributed by atoms with Gasteiger partial charge < -0.3 is 19.7 Å². The minimum absolute atomic E-state index is 0.208. The molecule has 6 heteroatoms. The summed E-state index contributed by atoms with van der Waals surface area (Å²) in [6, 6.07) is 12.7. The number of hydrogen-bond donors (Lipinski definition) is 2. The molecule has 0 saturated carbocycles. The van der Waals surface area contributed by atoms with E-state index in [1.807, 2.05) is 0 Å². The van der Waals surface area contributed by atoms with Crippen LogP contribution in [-0.4, -0.2) is 59.8 Å². The molecule has 6 nitrogen and oxygen atoms in total. The first kappa shape index (κ1) is 20.2. The van der Waals surface area contributed by atoms with Gasteiger partial charge in [-0.05, 0) is 24.0 Å². The fourth-order valence-corrected chi connectivity index (χ4v) is 4.14. The van der Waals surface area contributed by atoms with Gasteiger partial charge >= 0.3 is 0 Å². The van der Waals surface area contributed by atoms with Gasteiger partial charge in [0, 0.05) is 56.9 Å². The topological polar surface area (TPSA) is 65.4 Å². The average molecular weight is 399 g/mol. The van der Waals surface area contributed by atoms with Crippen molar-refractivity contribution < 1.29 is 19.7 Å². The van der Waals surface area contributed by atoms with E-state index in [4.69, 9.17) is 19.7 Å². The third kappa shape index (κ3) is 4.73. The van der Waals surface area contributed by atoms with Crippen molar-refractivity contribution in [3.63, 3.8) is 0 Å². The van der Waals surface area contributed by atoms with Gasteiger partial charge in [0.2, 0.25) is 0 Å². The van der Waals surface area contributed by atoms with Crippen LogP contribution in [0.5, 0.6) is 11.5 Å². The Labute approximate surface area is 172 Å². The maximum absolute atomic E-state index is 9.06. The first-order chi connectivity index (χ1) is 14.3. The van der Waals surface area contributed by atoms with Crippen LogP contribution in [-0.2, 0) is 19.5 Å². The molecule has 2 aromatic rings. The number of para-hydroxylation sites is 2. The third-order valence-electron chi connectivity index (χ3n) is 5.57. The zero-order valence-electron chi connectivity index (χ0n) is 16.8. The van der Waals surface area contributed by atoms with E-state index in [1.54, 1.807) is 0 Å². The minimum Gasteiger partial charge on any atom is -0.477 e. The molecule has 0 saturated heterocycles. The van der Waals surface area contributed by atoms with E-state index in [2.05, 4.69) is 46.2 Å². The summed E-state index contributed by atoms with van der Waals surface area (Å²) in [6.07, 6.45) is 2.31. The molecule has 2 N–H and O–H groups in total. The fourth-order valence-electron chi connectivity index (χ4n) is 4.14. The smallest absolute Gasteiger partial charge is 0.142 e. The normalized spacial score (nSPS) is 16.6. The zero-order valence-corrected chi connectivity index (χ0v) is 16.8. The Hall–Kier alpha value is -2.12. The highest BCUT2D eigenvalue weighted by Gasteiger charge is 2.23. The van der Waals surface area contributed by atoms with Crippen LogP contribution in [0.1, 0.15) is 35.1 Å². The molecular formula is C23H30N2O4. The van der Waals surface area contributed by atoms with Crippen molar-refractivity contribution >= 4 is 0 Å². The highest BCUT2D eigenvalue weighted by molar-refractivity contribution is 5.49. The van der Waals surface area contributed by atoms with Gasteiger partial charge in [-0.1, -0.05) is 36.4 Å². The van der Waals surface area contributed by atoms with Gasteiger partial charge in [0.1, 0.15) is 25.0 Å². The lowest BCUT2D eigenvalue weighted by molar-refractivity contribution is 0.0863. The van der Waals surface area contributed by atoms with Gasteiger partial charge in [-0.3, -0.25) is 9.80 Å². The molecule has 0 amide bonds. The van der Waals surface area contributed by atoms with Gasteiger partial charge in [-0.25, -0.2) is 0 Å². The van der Waals surface area contributed by atoms with Crippen LogP contribution in [0.4, 0.5) is 0 Å². The van der Waals surface area contributed by atoms with Crippen molar-refractivity contribution in [2.45, 2.75) is 32.4 Å². The molecule has 29 heavy (non-hydrogen) atoms. The van der Waals surface area contributed by atoms with Crippen LogP contribution in [0.3, 0.4) is 0 Å². The van der Waals surface area contributed by atoms with Crippen LogP contribution < -0.4 is 9.47 Å². The number of benzene rings is 2. The largest absolute Gasteiger partial charge is 0.477 e. The number of fused-ring (bicyclic) bond motifs is 2. The van der Waals surface area contributed by atoms with E-state index in [0.29, 0.717) is 13.5 Å². The molecular weight excluding hydrogens is 368 g/mol. The maximum atomic E-state index is 9.06. The van der Waals surface area contributed by atoms with E-state index in [9.17, 15) is 0 Å². The van der Waals surface area contributed by atoms with Crippen LogP contribution in [0.15, 0.2) is 36.4 Å². The summed E-state index contributed by atoms with van der Waals surface area (Å²) >= 11 is 0. The summed E-state index contributed by atoms with van der Waals surface area (Å²) in [5.41, 5.74) is 4.77. The van der Waals surface area contributed by atoms with Gasteiger partial charge in [0.15, 0.2) is 0 Å². The van der Waals surface area contributed by atoms with E-state index < -0.39 is 0 Å². The summed E-state index contributed by atoms with van der Waals surface area (Å²) in [4.78, 5) is 4.44. The molecule has 0 radical (unpaired) electrons. The second-order valence-corrected chi connectivity index (χ2v) is 7.79. The number of nitrogens with zero attached hydrogens (tertiary/aromatic N) is 2. The molecule has 2 heterocycles. The van der Waals surface area contributed by atoms with Crippen molar-refractivity contribution in [2.24, 2.45) is 0 Å². The minimum atomic E-state index is 0.208. The summed E-state index contributed by atoms with van der Waals surface area (Å²) in [7, 11) is 0. The Kier molecular flexibility index (Phi) is 6.67. The van der Waals surface area contributed by atoms with Crippen LogP contribution in [0.2, 0.25) is 0 Å². The second-order valence-electron chi connectivity index (χ2n) is 7.79. The molecule has 4 rings (SSSR count). The predicted octanol–water partition coefficient (Wildman–Crippen LogP) is 2.35. The van der Waals surface area contributed by atoms with Crippen LogP contribution >= 0.6 is 0 Å². The quantitative estimate of drug-likeness (QED) is 0.712. The van der Waals surface area contributed by atoms with E-state index in [0.717, 1.165) is 56.9 Å². The lowest BCUT2D eigenvalue weighted by Gasteiger charge is -2.31. The van der Waals surface area contributed by atoms with Crippen molar-refractivity contribution in [1.82, 2.24) is 9.80 Å². The molecule has 2 aromatic carbocycles. The second kappa shape index (κ2) is 9.59. The van der Waals surface area contributed by atoms with E-state index >= 15 is 0 Å². The van der Waals surface area contributed by atoms with Crippen molar-refractivity contribution in [3.8, 4) is 11.5 Å². The number of aliphatic hydroxyl groups excluding tert-OH is 2. The van der Waals surface area contributed by atoms with Crippen molar-refractivity contribution in [1.29, 1.82) is 0 Å². The van der Waals surface area contributed by atoms with Crippen molar-refractivity contribution in [3.05, 3.63) is 58.7 Å². The Morgan fingerprint density at radius 2 is 1.21 bits per heavy atom. The predicted molar refractivity (Wildman–Crippen MR) is 111 cm³/mol. The molecule has 0 fully saturated rings. The average Bonchev–Trinajstić information content (AvgIpc) is 2.76. The zero-order chi connectivity index (χ0) is 20.1. The Morgan fingerprint density at radius 1 is 0.724 bits per heavy atom. The first-order valence-corrected chi connectivity index (χ1v) is 10.4. The van der Waals surface area contributed by atoms with Gasteiger partial charge in [0.25, 0.3) is 0 Å². The SMILES string of the molecule is OCCCN1COc2c(Cc3cccc4c3OCN(CCCO)C4)cccc2C1. The number of hydrogen-bond acceptors (Lipinski definition) is 6.